The van der Waals surface area contributed by atoms with Gasteiger partial charge < -0.3 is 20.6 Å². The number of nitrogens with one attached hydrogen (secondary N) is 4. The zero-order valence-electron chi connectivity index (χ0n) is 12.9. The summed E-state index contributed by atoms with van der Waals surface area (Å²) >= 11 is 0. The molecule has 0 aliphatic carbocycles. The molecule has 0 bridgehead atoms. The summed E-state index contributed by atoms with van der Waals surface area (Å²) in [5.41, 5.74) is 0.986. The Morgan fingerprint density at radius 2 is 1.72 bits per heavy atom. The number of hydrogen-bond acceptors (Lipinski definition) is 2. The molecule has 0 atom stereocenters. The van der Waals surface area contributed by atoms with Gasteiger partial charge in [0.05, 0.1) is 16.6 Å². The molecular weight excluding hydrogens is 337 g/mol. The highest BCUT2D eigenvalue weighted by molar-refractivity contribution is 6.01. The summed E-state index contributed by atoms with van der Waals surface area (Å²) in [6.07, 6.45) is -4.49. The van der Waals surface area contributed by atoms with Crippen LogP contribution in [0.4, 0.5) is 29.3 Å². The summed E-state index contributed by atoms with van der Waals surface area (Å²) in [7, 11) is 0. The normalized spacial score (nSPS) is 11.5. The first kappa shape index (κ1) is 16.6. The molecule has 0 saturated heterocycles. The summed E-state index contributed by atoms with van der Waals surface area (Å²) in [5.74, 6) is 0. The van der Waals surface area contributed by atoms with E-state index in [1.807, 2.05) is 0 Å². The lowest BCUT2D eigenvalue weighted by atomic mass is 10.1. The molecule has 2 aromatic carbocycles. The quantitative estimate of drug-likeness (QED) is 0.566. The van der Waals surface area contributed by atoms with Crippen molar-refractivity contribution in [1.29, 1.82) is 0 Å². The van der Waals surface area contributed by atoms with Crippen molar-refractivity contribution in [3.8, 4) is 0 Å². The van der Waals surface area contributed by atoms with E-state index in [4.69, 9.17) is 0 Å². The van der Waals surface area contributed by atoms with Crippen LogP contribution in [0.15, 0.2) is 41.2 Å². The van der Waals surface area contributed by atoms with E-state index < -0.39 is 17.8 Å². The molecule has 3 aromatic rings. The lowest BCUT2D eigenvalue weighted by Crippen LogP contribution is -2.20. The van der Waals surface area contributed by atoms with Gasteiger partial charge in [0.2, 0.25) is 0 Å². The van der Waals surface area contributed by atoms with E-state index in [9.17, 15) is 22.8 Å². The van der Waals surface area contributed by atoms with Crippen molar-refractivity contribution in [1.82, 2.24) is 9.97 Å². The molecule has 4 N–H and O–H groups in total. The summed E-state index contributed by atoms with van der Waals surface area (Å²) in [5, 5.41) is 4.90. The first-order chi connectivity index (χ1) is 11.7. The molecule has 0 aliphatic heterocycles. The number of anilines is 2. The molecule has 3 rings (SSSR count). The molecule has 0 unspecified atom stereocenters. The van der Waals surface area contributed by atoms with Crippen LogP contribution in [0, 0.1) is 6.92 Å². The molecule has 0 saturated carbocycles. The van der Waals surface area contributed by atoms with Crippen LogP contribution < -0.4 is 16.3 Å². The minimum absolute atomic E-state index is 0.0149. The SMILES string of the molecule is Cc1cc2[nH]c(=O)[nH]c2cc1NC(=O)Nc1cccc(C(F)(F)F)c1. The smallest absolute Gasteiger partial charge is 0.308 e. The number of amides is 2. The molecule has 1 aromatic heterocycles. The van der Waals surface area contributed by atoms with Crippen LogP contribution in [0.2, 0.25) is 0 Å². The Morgan fingerprint density at radius 1 is 1.04 bits per heavy atom. The zero-order valence-corrected chi connectivity index (χ0v) is 12.9. The van der Waals surface area contributed by atoms with Gasteiger partial charge >= 0.3 is 17.9 Å². The molecule has 1 heterocycles. The van der Waals surface area contributed by atoms with Crippen LogP contribution in [0.25, 0.3) is 11.0 Å². The van der Waals surface area contributed by atoms with Crippen molar-refractivity contribution in [2.24, 2.45) is 0 Å². The third-order valence-corrected chi connectivity index (χ3v) is 3.56. The number of urea groups is 1. The van der Waals surface area contributed by atoms with Crippen molar-refractivity contribution in [2.75, 3.05) is 10.6 Å². The van der Waals surface area contributed by atoms with Crippen LogP contribution in [0.5, 0.6) is 0 Å². The number of carbonyl (C=O) groups is 1. The fraction of sp³-hybridized carbons (Fsp3) is 0.125. The van der Waals surface area contributed by atoms with Crippen LogP contribution in [-0.4, -0.2) is 16.0 Å². The molecule has 130 valence electrons. The van der Waals surface area contributed by atoms with Crippen LogP contribution in [0.1, 0.15) is 11.1 Å². The lowest BCUT2D eigenvalue weighted by molar-refractivity contribution is -0.137. The number of rotatable bonds is 2. The second-order valence-corrected chi connectivity index (χ2v) is 5.45. The summed E-state index contributed by atoms with van der Waals surface area (Å²) in [4.78, 5) is 28.5. The maximum absolute atomic E-state index is 12.7. The number of fused-ring (bicyclic) bond motifs is 1. The third-order valence-electron chi connectivity index (χ3n) is 3.56. The van der Waals surface area contributed by atoms with Gasteiger partial charge in [-0.25, -0.2) is 9.59 Å². The van der Waals surface area contributed by atoms with Gasteiger partial charge in [0, 0.05) is 11.4 Å². The van der Waals surface area contributed by atoms with Crippen molar-refractivity contribution >= 4 is 28.4 Å². The minimum Gasteiger partial charge on any atom is -0.308 e. The molecule has 0 fully saturated rings. The van der Waals surface area contributed by atoms with Gasteiger partial charge in [-0.2, -0.15) is 13.2 Å². The van der Waals surface area contributed by atoms with Crippen LogP contribution in [0.3, 0.4) is 0 Å². The van der Waals surface area contributed by atoms with E-state index >= 15 is 0 Å². The summed E-state index contributed by atoms with van der Waals surface area (Å²) in [6, 6.07) is 6.87. The van der Waals surface area contributed by atoms with Gasteiger partial charge in [-0.15, -0.1) is 0 Å². The predicted octanol–water partition coefficient (Wildman–Crippen LogP) is 3.83. The highest BCUT2D eigenvalue weighted by atomic mass is 19.4. The van der Waals surface area contributed by atoms with Crippen molar-refractivity contribution in [3.63, 3.8) is 0 Å². The molecule has 2 amide bonds. The molecule has 0 aliphatic rings. The number of halogens is 3. The number of aromatic nitrogens is 2. The number of hydrogen-bond donors (Lipinski definition) is 4. The molecule has 0 radical (unpaired) electrons. The number of H-pyrrole nitrogens is 2. The highest BCUT2D eigenvalue weighted by Crippen LogP contribution is 2.30. The van der Waals surface area contributed by atoms with E-state index in [-0.39, 0.29) is 11.4 Å². The first-order valence-electron chi connectivity index (χ1n) is 7.20. The van der Waals surface area contributed by atoms with Gasteiger partial charge in [-0.3, -0.25) is 0 Å². The molecular formula is C16H13F3N4O2. The van der Waals surface area contributed by atoms with Crippen LogP contribution >= 0.6 is 0 Å². The van der Waals surface area contributed by atoms with E-state index in [2.05, 4.69) is 20.6 Å². The van der Waals surface area contributed by atoms with Gasteiger partial charge in [0.25, 0.3) is 0 Å². The standard InChI is InChI=1S/C16H13F3N4O2/c1-8-5-12-13(23-15(25)22-12)7-11(8)21-14(24)20-10-4-2-3-9(6-10)16(17,18)19/h2-7H,1H3,(H2,20,21,24)(H2,22,23,25). The zero-order chi connectivity index (χ0) is 18.2. The number of benzene rings is 2. The van der Waals surface area contributed by atoms with E-state index in [1.165, 1.54) is 12.1 Å². The number of aromatic amines is 2. The van der Waals surface area contributed by atoms with E-state index in [0.717, 1.165) is 12.1 Å². The van der Waals surface area contributed by atoms with Gasteiger partial charge in [0.15, 0.2) is 0 Å². The Bertz CT molecular complexity index is 1000. The Kier molecular flexibility index (Phi) is 3.99. The number of aryl methyl sites for hydroxylation is 1. The van der Waals surface area contributed by atoms with Gasteiger partial charge in [0.1, 0.15) is 0 Å². The van der Waals surface area contributed by atoms with Gasteiger partial charge in [-0.05, 0) is 42.8 Å². The Balaban J connectivity index is 1.79. The summed E-state index contributed by atoms with van der Waals surface area (Å²) < 4.78 is 38.1. The second-order valence-electron chi connectivity index (χ2n) is 5.45. The summed E-state index contributed by atoms with van der Waals surface area (Å²) in [6.45, 7) is 1.73. The topological polar surface area (TPSA) is 89.8 Å². The second kappa shape index (κ2) is 6.00. The average molecular weight is 350 g/mol. The number of imidazole rings is 1. The third kappa shape index (κ3) is 3.65. The Hall–Kier alpha value is -3.23. The Labute approximate surface area is 139 Å². The number of alkyl halides is 3. The van der Waals surface area contributed by atoms with Crippen molar-refractivity contribution in [3.05, 3.63) is 58.0 Å². The Morgan fingerprint density at radius 3 is 2.40 bits per heavy atom. The van der Waals surface area contributed by atoms with Gasteiger partial charge in [-0.1, -0.05) is 6.07 Å². The van der Waals surface area contributed by atoms with Crippen molar-refractivity contribution < 1.29 is 18.0 Å². The van der Waals surface area contributed by atoms with Crippen LogP contribution in [-0.2, 0) is 6.18 Å². The highest BCUT2D eigenvalue weighted by Gasteiger charge is 2.30. The van der Waals surface area contributed by atoms with E-state index in [0.29, 0.717) is 22.3 Å². The molecule has 9 heteroatoms. The maximum atomic E-state index is 12.7. The minimum atomic E-state index is -4.49. The first-order valence-corrected chi connectivity index (χ1v) is 7.20. The molecule has 0 spiro atoms. The fourth-order valence-corrected chi connectivity index (χ4v) is 2.38. The average Bonchev–Trinajstić information content (AvgIpc) is 2.86. The predicted molar refractivity (Wildman–Crippen MR) is 87.7 cm³/mol. The van der Waals surface area contributed by atoms with E-state index in [1.54, 1.807) is 19.1 Å². The largest absolute Gasteiger partial charge is 0.416 e. The fourth-order valence-electron chi connectivity index (χ4n) is 2.38. The lowest BCUT2D eigenvalue weighted by Gasteiger charge is -2.12. The molecule has 25 heavy (non-hydrogen) atoms. The van der Waals surface area contributed by atoms with Crippen molar-refractivity contribution in [2.45, 2.75) is 13.1 Å². The molecule has 6 nitrogen and oxygen atoms in total. The number of carbonyl (C=O) groups excluding carboxylic acids is 1. The monoisotopic (exact) mass is 350 g/mol. The maximum Gasteiger partial charge on any atom is 0.416 e.